The average molecular weight is 293 g/mol. The number of carboxylic acids is 1. The smallest absolute Gasteiger partial charge is 0.344 e. The Balaban J connectivity index is 2.08. The molecule has 1 saturated carbocycles. The minimum absolute atomic E-state index is 0.409. The Hall–Kier alpha value is -1.75. The van der Waals surface area contributed by atoms with Gasteiger partial charge in [-0.05, 0) is 43.9 Å². The molecule has 5 heteroatoms. The van der Waals surface area contributed by atoms with E-state index in [0.717, 1.165) is 12.1 Å². The molecule has 116 valence electrons. The summed E-state index contributed by atoms with van der Waals surface area (Å²) in [5.41, 5.74) is 1.11. The molecule has 1 atom stereocenters. The van der Waals surface area contributed by atoms with E-state index in [-0.39, 0.29) is 0 Å². The molecule has 1 unspecified atom stereocenters. The Bertz CT molecular complexity index is 485. The summed E-state index contributed by atoms with van der Waals surface area (Å²) in [6.07, 6.45) is 2.05. The minimum Gasteiger partial charge on any atom is -0.490 e. The standard InChI is InChI=1S/C16H23NO4/c1-3-13(16(18)19)21-14-8-5-11(9-15(14)20-4-2)10-17-12-6-7-12/h5,8-9,12-13,17H,3-4,6-7,10H2,1-2H3,(H,18,19). The van der Waals surface area contributed by atoms with E-state index in [0.29, 0.717) is 30.6 Å². The second-order valence-corrected chi connectivity index (χ2v) is 5.22. The van der Waals surface area contributed by atoms with Crippen LogP contribution in [-0.2, 0) is 11.3 Å². The van der Waals surface area contributed by atoms with Crippen LogP contribution in [0.5, 0.6) is 11.5 Å². The van der Waals surface area contributed by atoms with Crippen LogP contribution in [0.2, 0.25) is 0 Å². The highest BCUT2D eigenvalue weighted by molar-refractivity contribution is 5.72. The van der Waals surface area contributed by atoms with Crippen LogP contribution >= 0.6 is 0 Å². The van der Waals surface area contributed by atoms with E-state index >= 15 is 0 Å². The third-order valence-corrected chi connectivity index (χ3v) is 3.40. The third-order valence-electron chi connectivity index (χ3n) is 3.40. The largest absolute Gasteiger partial charge is 0.490 e. The summed E-state index contributed by atoms with van der Waals surface area (Å²) < 4.78 is 11.1. The predicted molar refractivity (Wildman–Crippen MR) is 79.8 cm³/mol. The Morgan fingerprint density at radius 2 is 2.14 bits per heavy atom. The Morgan fingerprint density at radius 3 is 2.71 bits per heavy atom. The van der Waals surface area contributed by atoms with Gasteiger partial charge in [0.25, 0.3) is 0 Å². The number of nitrogens with one attached hydrogen (secondary N) is 1. The van der Waals surface area contributed by atoms with Gasteiger partial charge < -0.3 is 19.9 Å². The molecule has 1 aromatic rings. The summed E-state index contributed by atoms with van der Waals surface area (Å²) in [4.78, 5) is 11.1. The molecule has 21 heavy (non-hydrogen) atoms. The van der Waals surface area contributed by atoms with Crippen molar-refractivity contribution in [1.29, 1.82) is 0 Å². The fourth-order valence-electron chi connectivity index (χ4n) is 2.04. The quantitative estimate of drug-likeness (QED) is 0.732. The fraction of sp³-hybridized carbons (Fsp3) is 0.562. The van der Waals surface area contributed by atoms with Gasteiger partial charge in [-0.3, -0.25) is 0 Å². The van der Waals surface area contributed by atoms with Gasteiger partial charge in [-0.15, -0.1) is 0 Å². The Labute approximate surface area is 125 Å². The summed E-state index contributed by atoms with van der Waals surface area (Å²) in [7, 11) is 0. The molecule has 1 aliphatic carbocycles. The van der Waals surface area contributed by atoms with Crippen LogP contribution in [0.4, 0.5) is 0 Å². The Morgan fingerprint density at radius 1 is 1.38 bits per heavy atom. The Kier molecular flexibility index (Phi) is 5.44. The molecule has 1 fully saturated rings. The van der Waals surface area contributed by atoms with E-state index in [1.807, 2.05) is 19.1 Å². The predicted octanol–water partition coefficient (Wildman–Crippen LogP) is 2.58. The number of aliphatic carboxylic acids is 1. The molecule has 1 aliphatic rings. The lowest BCUT2D eigenvalue weighted by molar-refractivity contribution is -0.145. The zero-order chi connectivity index (χ0) is 15.2. The van der Waals surface area contributed by atoms with E-state index in [1.54, 1.807) is 13.0 Å². The van der Waals surface area contributed by atoms with Gasteiger partial charge in [0.05, 0.1) is 6.61 Å². The molecule has 0 amide bonds. The van der Waals surface area contributed by atoms with Crippen molar-refractivity contribution in [1.82, 2.24) is 5.32 Å². The van der Waals surface area contributed by atoms with Gasteiger partial charge in [-0.1, -0.05) is 13.0 Å². The molecule has 2 N–H and O–H groups in total. The normalized spacial score (nSPS) is 15.5. The number of carbonyl (C=O) groups is 1. The molecule has 0 spiro atoms. The molecule has 5 nitrogen and oxygen atoms in total. The summed E-state index contributed by atoms with van der Waals surface area (Å²) in [5.74, 6) is 0.132. The first-order valence-electron chi connectivity index (χ1n) is 7.52. The van der Waals surface area contributed by atoms with Gasteiger partial charge in [0.1, 0.15) is 0 Å². The first kappa shape index (κ1) is 15.6. The zero-order valence-corrected chi connectivity index (χ0v) is 12.6. The van der Waals surface area contributed by atoms with Crippen molar-refractivity contribution < 1.29 is 19.4 Å². The van der Waals surface area contributed by atoms with E-state index in [4.69, 9.17) is 14.6 Å². The van der Waals surface area contributed by atoms with Crippen LogP contribution in [0.1, 0.15) is 38.7 Å². The van der Waals surface area contributed by atoms with Crippen LogP contribution in [0, 0.1) is 0 Å². The third kappa shape index (κ3) is 4.63. The second-order valence-electron chi connectivity index (χ2n) is 5.22. The average Bonchev–Trinajstić information content (AvgIpc) is 3.28. The summed E-state index contributed by atoms with van der Waals surface area (Å²) in [6, 6.07) is 6.30. The van der Waals surface area contributed by atoms with E-state index in [2.05, 4.69) is 5.32 Å². The molecule has 2 rings (SSSR count). The van der Waals surface area contributed by atoms with Crippen molar-refractivity contribution in [3.8, 4) is 11.5 Å². The molecule has 0 heterocycles. The van der Waals surface area contributed by atoms with E-state index in [1.165, 1.54) is 12.8 Å². The first-order chi connectivity index (χ1) is 10.1. The van der Waals surface area contributed by atoms with E-state index < -0.39 is 12.1 Å². The van der Waals surface area contributed by atoms with E-state index in [9.17, 15) is 4.79 Å². The SMILES string of the molecule is CCOc1cc(CNC2CC2)ccc1OC(CC)C(=O)O. The highest BCUT2D eigenvalue weighted by atomic mass is 16.5. The van der Waals surface area contributed by atoms with Gasteiger partial charge in [-0.25, -0.2) is 4.79 Å². The molecular formula is C16H23NO4. The minimum atomic E-state index is -0.959. The van der Waals surface area contributed by atoms with Crippen molar-refractivity contribution in [2.24, 2.45) is 0 Å². The monoisotopic (exact) mass is 293 g/mol. The number of carboxylic acid groups (broad SMARTS) is 1. The lowest BCUT2D eigenvalue weighted by Gasteiger charge is -2.17. The van der Waals surface area contributed by atoms with Gasteiger partial charge in [0, 0.05) is 12.6 Å². The highest BCUT2D eigenvalue weighted by Gasteiger charge is 2.21. The maximum Gasteiger partial charge on any atom is 0.344 e. The van der Waals surface area contributed by atoms with Crippen LogP contribution in [-0.4, -0.2) is 29.8 Å². The molecule has 0 aliphatic heterocycles. The maximum absolute atomic E-state index is 11.1. The van der Waals surface area contributed by atoms with Gasteiger partial charge in [0.15, 0.2) is 17.6 Å². The lowest BCUT2D eigenvalue weighted by atomic mass is 10.2. The first-order valence-corrected chi connectivity index (χ1v) is 7.52. The van der Waals surface area contributed by atoms with Crippen LogP contribution < -0.4 is 14.8 Å². The van der Waals surface area contributed by atoms with Crippen molar-refractivity contribution >= 4 is 5.97 Å². The van der Waals surface area contributed by atoms with Gasteiger partial charge >= 0.3 is 5.97 Å². The molecule has 0 saturated heterocycles. The lowest BCUT2D eigenvalue weighted by Crippen LogP contribution is -2.26. The van der Waals surface area contributed by atoms with Crippen LogP contribution in [0.15, 0.2) is 18.2 Å². The number of hydrogen-bond donors (Lipinski definition) is 2. The second kappa shape index (κ2) is 7.31. The number of benzene rings is 1. The summed E-state index contributed by atoms with van der Waals surface area (Å²) >= 11 is 0. The van der Waals surface area contributed by atoms with Crippen molar-refractivity contribution in [3.05, 3.63) is 23.8 Å². The maximum atomic E-state index is 11.1. The topological polar surface area (TPSA) is 67.8 Å². The van der Waals surface area contributed by atoms with Crippen LogP contribution in [0.25, 0.3) is 0 Å². The fourth-order valence-corrected chi connectivity index (χ4v) is 2.04. The molecule has 0 radical (unpaired) electrons. The van der Waals surface area contributed by atoms with Crippen molar-refractivity contribution in [3.63, 3.8) is 0 Å². The molecule has 0 aromatic heterocycles. The number of ether oxygens (including phenoxy) is 2. The molecule has 1 aromatic carbocycles. The van der Waals surface area contributed by atoms with Crippen molar-refractivity contribution in [2.45, 2.75) is 51.8 Å². The number of rotatable bonds is 9. The van der Waals surface area contributed by atoms with Gasteiger partial charge in [-0.2, -0.15) is 0 Å². The molecule has 0 bridgehead atoms. The van der Waals surface area contributed by atoms with Crippen LogP contribution in [0.3, 0.4) is 0 Å². The zero-order valence-electron chi connectivity index (χ0n) is 12.6. The number of hydrogen-bond acceptors (Lipinski definition) is 4. The van der Waals surface area contributed by atoms with Crippen molar-refractivity contribution in [2.75, 3.05) is 6.61 Å². The molecular weight excluding hydrogens is 270 g/mol. The summed E-state index contributed by atoms with van der Waals surface area (Å²) in [5, 5.41) is 12.5. The highest BCUT2D eigenvalue weighted by Crippen LogP contribution is 2.30. The summed E-state index contributed by atoms with van der Waals surface area (Å²) in [6.45, 7) is 4.99. The van der Waals surface area contributed by atoms with Gasteiger partial charge in [0.2, 0.25) is 0 Å².